The number of hydrogen-bond acceptors (Lipinski definition) is 6. The molecule has 1 aromatic heterocycles. The molecule has 0 spiro atoms. The monoisotopic (exact) mass is 405 g/mol. The number of nitrogens with zero attached hydrogens (tertiary/aromatic N) is 2. The van der Waals surface area contributed by atoms with Crippen LogP contribution in [0.2, 0.25) is 0 Å². The first-order valence-electron chi connectivity index (χ1n) is 9.22. The highest BCUT2D eigenvalue weighted by Crippen LogP contribution is 2.31. The van der Waals surface area contributed by atoms with Crippen molar-refractivity contribution in [3.05, 3.63) is 63.7 Å². The van der Waals surface area contributed by atoms with Gasteiger partial charge in [0.15, 0.2) is 5.75 Å². The third kappa shape index (κ3) is 3.01. The van der Waals surface area contributed by atoms with Gasteiger partial charge in [-0.2, -0.15) is 4.89 Å². The van der Waals surface area contributed by atoms with E-state index < -0.39 is 11.9 Å². The Kier molecular flexibility index (Phi) is 4.11. The molecule has 30 heavy (non-hydrogen) atoms. The van der Waals surface area contributed by atoms with Gasteiger partial charge in [-0.05, 0) is 47.9 Å². The van der Waals surface area contributed by atoms with Crippen LogP contribution < -0.4 is 15.8 Å². The topological polar surface area (TPSA) is 120 Å². The van der Waals surface area contributed by atoms with Gasteiger partial charge in [-0.15, -0.1) is 0 Å². The third-order valence-electron chi connectivity index (χ3n) is 5.09. The summed E-state index contributed by atoms with van der Waals surface area (Å²) in [6.07, 6.45) is 2.60. The van der Waals surface area contributed by atoms with Crippen LogP contribution in [-0.2, 0) is 27.6 Å². The molecule has 2 aromatic carbocycles. The molecule has 0 atom stereocenters. The fourth-order valence-electron chi connectivity index (χ4n) is 3.63. The summed E-state index contributed by atoms with van der Waals surface area (Å²) in [6.45, 7) is 0.934. The molecule has 3 heterocycles. The quantitative estimate of drug-likeness (QED) is 0.495. The van der Waals surface area contributed by atoms with Gasteiger partial charge in [-0.3, -0.25) is 14.2 Å². The van der Waals surface area contributed by atoms with Crippen molar-refractivity contribution in [2.45, 2.75) is 19.6 Å². The number of amides is 1. The Morgan fingerprint density at radius 2 is 2.07 bits per heavy atom. The third-order valence-corrected chi connectivity index (χ3v) is 5.09. The van der Waals surface area contributed by atoms with Gasteiger partial charge in [0, 0.05) is 17.8 Å². The minimum absolute atomic E-state index is 0.180. The first kappa shape index (κ1) is 18.1. The van der Waals surface area contributed by atoms with Gasteiger partial charge < -0.3 is 15.3 Å². The predicted molar refractivity (Wildman–Crippen MR) is 107 cm³/mol. The minimum Gasteiger partial charge on any atom is -0.474 e. The summed E-state index contributed by atoms with van der Waals surface area (Å²) in [7, 11) is 0. The van der Waals surface area contributed by atoms with E-state index >= 15 is 0 Å². The molecule has 9 heteroatoms. The van der Waals surface area contributed by atoms with Gasteiger partial charge in [0.25, 0.3) is 5.56 Å². The summed E-state index contributed by atoms with van der Waals surface area (Å²) in [5.74, 6) is -1.53. The number of fused-ring (bicyclic) bond motifs is 3. The number of hydrogen-bond donors (Lipinski definition) is 2. The second-order valence-corrected chi connectivity index (χ2v) is 7.02. The zero-order valence-corrected chi connectivity index (χ0v) is 15.5. The van der Waals surface area contributed by atoms with Crippen molar-refractivity contribution in [2.24, 2.45) is 0 Å². The molecule has 0 saturated heterocycles. The maximum Gasteiger partial charge on any atom is 0.394 e. The van der Waals surface area contributed by atoms with Crippen molar-refractivity contribution in [3.63, 3.8) is 0 Å². The van der Waals surface area contributed by atoms with E-state index in [9.17, 15) is 14.4 Å². The SMILES string of the molecule is O=C(O)C(=O)Nc1ccc2c(=O)n3c(nc2c1)/C(=C\c1ccc2c(c1)OOC2)CC3. The number of aliphatic carboxylic acids is 1. The molecule has 0 saturated carbocycles. The van der Waals surface area contributed by atoms with Crippen LogP contribution in [0.15, 0.2) is 41.2 Å². The number of aromatic nitrogens is 2. The Balaban J connectivity index is 1.56. The fraction of sp³-hybridized carbons (Fsp3) is 0.143. The zero-order chi connectivity index (χ0) is 20.8. The van der Waals surface area contributed by atoms with Gasteiger partial charge in [0.2, 0.25) is 0 Å². The van der Waals surface area contributed by atoms with Crippen LogP contribution in [0.5, 0.6) is 5.75 Å². The Hall–Kier alpha value is -3.98. The molecule has 3 aromatic rings. The van der Waals surface area contributed by atoms with Gasteiger partial charge in [-0.25, -0.2) is 9.78 Å². The Morgan fingerprint density at radius 3 is 2.90 bits per heavy atom. The molecule has 0 radical (unpaired) electrons. The number of carbonyl (C=O) groups is 2. The van der Waals surface area contributed by atoms with E-state index in [-0.39, 0.29) is 11.2 Å². The molecule has 0 fully saturated rings. The second kappa shape index (κ2) is 6.82. The lowest BCUT2D eigenvalue weighted by Crippen LogP contribution is -2.23. The normalized spacial score (nSPS) is 15.7. The van der Waals surface area contributed by atoms with Crippen LogP contribution >= 0.6 is 0 Å². The Labute approximate surface area is 169 Å². The Morgan fingerprint density at radius 1 is 1.20 bits per heavy atom. The van der Waals surface area contributed by atoms with Crippen LogP contribution in [0.1, 0.15) is 23.4 Å². The van der Waals surface area contributed by atoms with Crippen molar-refractivity contribution < 1.29 is 24.5 Å². The number of carbonyl (C=O) groups excluding carboxylic acids is 1. The van der Waals surface area contributed by atoms with E-state index in [0.717, 1.165) is 16.7 Å². The van der Waals surface area contributed by atoms with Crippen molar-refractivity contribution in [3.8, 4) is 5.75 Å². The molecule has 2 aliphatic heterocycles. The van der Waals surface area contributed by atoms with Crippen LogP contribution in [0.4, 0.5) is 5.69 Å². The summed E-state index contributed by atoms with van der Waals surface area (Å²) in [5.41, 5.74) is 3.23. The molecule has 0 unspecified atom stereocenters. The molecule has 2 N–H and O–H groups in total. The lowest BCUT2D eigenvalue weighted by molar-refractivity contribution is -0.194. The zero-order valence-electron chi connectivity index (χ0n) is 15.5. The number of carboxylic acid groups (broad SMARTS) is 1. The van der Waals surface area contributed by atoms with Gasteiger partial charge in [0.05, 0.1) is 10.9 Å². The number of rotatable bonds is 2. The molecule has 5 rings (SSSR count). The summed E-state index contributed by atoms with van der Waals surface area (Å²) in [4.78, 5) is 49.8. The molecule has 9 nitrogen and oxygen atoms in total. The molecule has 0 bridgehead atoms. The lowest BCUT2D eigenvalue weighted by Gasteiger charge is -2.08. The van der Waals surface area contributed by atoms with Gasteiger partial charge >= 0.3 is 11.9 Å². The predicted octanol–water partition coefficient (Wildman–Crippen LogP) is 2.19. The van der Waals surface area contributed by atoms with Crippen LogP contribution in [0.3, 0.4) is 0 Å². The molecule has 2 aliphatic rings. The highest BCUT2D eigenvalue weighted by atomic mass is 17.2. The fourth-order valence-corrected chi connectivity index (χ4v) is 3.63. The molecular formula is C21H15N3O6. The van der Waals surface area contributed by atoms with E-state index in [4.69, 9.17) is 14.9 Å². The van der Waals surface area contributed by atoms with E-state index in [0.29, 0.717) is 42.0 Å². The maximum absolute atomic E-state index is 12.9. The van der Waals surface area contributed by atoms with Crippen LogP contribution in [0.25, 0.3) is 22.6 Å². The lowest BCUT2D eigenvalue weighted by atomic mass is 10.1. The first-order chi connectivity index (χ1) is 14.5. The standard InChI is InChI=1S/C21H15N3O6/c25-19(21(27)28)22-14-3-4-15-16(9-14)23-18-12(5-6-24(18)20(15)26)7-11-1-2-13-10-29-30-17(13)8-11/h1-4,7-9H,5-6,10H2,(H,22,25)(H,27,28)/b12-7-. The Bertz CT molecular complexity index is 1320. The molecule has 150 valence electrons. The molecule has 0 aliphatic carbocycles. The summed E-state index contributed by atoms with van der Waals surface area (Å²) >= 11 is 0. The highest BCUT2D eigenvalue weighted by Gasteiger charge is 2.22. The summed E-state index contributed by atoms with van der Waals surface area (Å²) < 4.78 is 1.62. The molecular weight excluding hydrogens is 390 g/mol. The smallest absolute Gasteiger partial charge is 0.394 e. The van der Waals surface area contributed by atoms with Crippen LogP contribution in [0, 0.1) is 0 Å². The van der Waals surface area contributed by atoms with Crippen molar-refractivity contribution >= 4 is 40.1 Å². The number of carboxylic acids is 1. The molecule has 1 amide bonds. The second-order valence-electron chi connectivity index (χ2n) is 7.02. The minimum atomic E-state index is -1.59. The average molecular weight is 405 g/mol. The first-order valence-corrected chi connectivity index (χ1v) is 9.22. The summed E-state index contributed by atoms with van der Waals surface area (Å²) in [6, 6.07) is 10.3. The van der Waals surface area contributed by atoms with E-state index in [2.05, 4.69) is 10.3 Å². The number of anilines is 1. The number of nitrogens with one attached hydrogen (secondary N) is 1. The van der Waals surface area contributed by atoms with Crippen molar-refractivity contribution in [1.29, 1.82) is 0 Å². The van der Waals surface area contributed by atoms with Crippen molar-refractivity contribution in [2.75, 3.05) is 5.32 Å². The van der Waals surface area contributed by atoms with E-state index in [1.54, 1.807) is 4.57 Å². The summed E-state index contributed by atoms with van der Waals surface area (Å²) in [5, 5.41) is 11.4. The van der Waals surface area contributed by atoms with E-state index in [1.165, 1.54) is 18.2 Å². The highest BCUT2D eigenvalue weighted by molar-refractivity contribution is 6.36. The van der Waals surface area contributed by atoms with Crippen LogP contribution in [-0.4, -0.2) is 26.5 Å². The van der Waals surface area contributed by atoms with Crippen molar-refractivity contribution in [1.82, 2.24) is 9.55 Å². The maximum atomic E-state index is 12.9. The largest absolute Gasteiger partial charge is 0.474 e. The van der Waals surface area contributed by atoms with Gasteiger partial charge in [0.1, 0.15) is 12.4 Å². The van der Waals surface area contributed by atoms with Gasteiger partial charge in [-0.1, -0.05) is 12.1 Å². The number of allylic oxidation sites excluding steroid dienone is 1. The van der Waals surface area contributed by atoms with E-state index in [1.807, 2.05) is 24.3 Å². The number of benzene rings is 2. The average Bonchev–Trinajstić information content (AvgIpc) is 3.35.